The Balaban J connectivity index is 1.20. The number of anilines is 2. The summed E-state index contributed by atoms with van der Waals surface area (Å²) in [6.07, 6.45) is 2.35. The van der Waals surface area contributed by atoms with Gasteiger partial charge in [0.05, 0.1) is 30.0 Å². The van der Waals surface area contributed by atoms with Crippen LogP contribution in [0, 0.1) is 0 Å². The third-order valence-corrected chi connectivity index (χ3v) is 7.73. The van der Waals surface area contributed by atoms with Crippen molar-refractivity contribution in [2.75, 3.05) is 24.3 Å². The molecule has 15 heteroatoms. The zero-order valence-electron chi connectivity index (χ0n) is 23.3. The lowest BCUT2D eigenvalue weighted by Gasteiger charge is -2.19. The number of nitrogens with one attached hydrogen (secondary N) is 1. The molecular weight excluding hydrogens is 654 g/mol. The Kier molecular flexibility index (Phi) is 8.43. The highest BCUT2D eigenvalue weighted by atomic mass is 79.9. The van der Waals surface area contributed by atoms with Gasteiger partial charge in [-0.3, -0.25) is 4.79 Å². The number of rotatable bonds is 10. The quantitative estimate of drug-likeness (QED) is 0.158. The minimum absolute atomic E-state index is 0.0162. The van der Waals surface area contributed by atoms with Crippen LogP contribution in [-0.2, 0) is 19.6 Å². The average molecular weight is 679 g/mol. The van der Waals surface area contributed by atoms with Crippen molar-refractivity contribution in [2.24, 2.45) is 5.10 Å². The highest BCUT2D eigenvalue weighted by Crippen LogP contribution is 2.37. The average Bonchev–Trinajstić information content (AvgIpc) is 3.75. The van der Waals surface area contributed by atoms with Crippen LogP contribution in [0.2, 0.25) is 5.02 Å². The van der Waals surface area contributed by atoms with Crippen molar-refractivity contribution in [3.63, 3.8) is 0 Å². The number of nitrogens with zero attached hydrogens (tertiary/aromatic N) is 7. The van der Waals surface area contributed by atoms with E-state index in [0.29, 0.717) is 45.4 Å². The molecule has 0 aliphatic carbocycles. The van der Waals surface area contributed by atoms with E-state index in [-0.39, 0.29) is 17.3 Å². The first-order chi connectivity index (χ1) is 21.4. The molecule has 0 fully saturated rings. The molecule has 6 rings (SSSR count). The molecule has 0 spiro atoms. The molecule has 13 nitrogen and oxygen atoms in total. The maximum atomic E-state index is 13.3. The van der Waals surface area contributed by atoms with Crippen molar-refractivity contribution in [1.82, 2.24) is 30.7 Å². The standard InChI is InChI=1S/C29H25BrClN9O4/c1-42-24-13-18(12-21(30)26(24)43-16-17-5-4-7-20(31)11-17)14-33-35-29(41)25-23(40(38-34-25)28-27(32)36-44-37-28)15-39-10-9-19-6-2-3-8-22(19)39/h2-8,11-14H,9-10,15-16H2,1H3,(H2,32,36)(H,35,41)/b33-14+. The first-order valence-corrected chi connectivity index (χ1v) is 14.5. The number of carbonyl (C=O) groups excluding carboxylic acids is 1. The highest BCUT2D eigenvalue weighted by Gasteiger charge is 2.28. The van der Waals surface area contributed by atoms with E-state index in [0.717, 1.165) is 24.2 Å². The Hall–Kier alpha value is -4.95. The zero-order valence-corrected chi connectivity index (χ0v) is 25.6. The number of nitrogen functional groups attached to an aromatic ring is 1. The molecule has 1 amide bonds. The summed E-state index contributed by atoms with van der Waals surface area (Å²) in [5.74, 6) is 0.571. The largest absolute Gasteiger partial charge is 0.493 e. The Morgan fingerprint density at radius 1 is 1.20 bits per heavy atom. The van der Waals surface area contributed by atoms with Gasteiger partial charge in [-0.15, -0.1) is 5.10 Å². The van der Waals surface area contributed by atoms with E-state index in [1.165, 1.54) is 23.6 Å². The first kappa shape index (κ1) is 29.1. The van der Waals surface area contributed by atoms with E-state index in [1.54, 1.807) is 18.2 Å². The number of benzene rings is 3. The number of amides is 1. The van der Waals surface area contributed by atoms with Crippen LogP contribution in [0.25, 0.3) is 5.82 Å². The van der Waals surface area contributed by atoms with Gasteiger partial charge >= 0.3 is 0 Å². The van der Waals surface area contributed by atoms with Crippen LogP contribution in [0.3, 0.4) is 0 Å². The molecule has 1 aliphatic rings. The minimum atomic E-state index is -0.572. The zero-order chi connectivity index (χ0) is 30.6. The van der Waals surface area contributed by atoms with Crippen LogP contribution in [0.4, 0.5) is 11.5 Å². The number of para-hydroxylation sites is 1. The van der Waals surface area contributed by atoms with E-state index < -0.39 is 5.91 Å². The molecule has 3 aromatic carbocycles. The molecular formula is C29H25BrClN9O4. The number of aromatic nitrogens is 5. The van der Waals surface area contributed by atoms with Crippen molar-refractivity contribution in [2.45, 2.75) is 19.6 Å². The van der Waals surface area contributed by atoms with E-state index in [2.05, 4.69) is 58.0 Å². The van der Waals surface area contributed by atoms with E-state index >= 15 is 0 Å². The van der Waals surface area contributed by atoms with Crippen molar-refractivity contribution in [1.29, 1.82) is 0 Å². The van der Waals surface area contributed by atoms with Crippen molar-refractivity contribution in [3.05, 3.63) is 98.2 Å². The smallest absolute Gasteiger partial charge is 0.293 e. The fourth-order valence-corrected chi connectivity index (χ4v) is 5.62. The normalized spacial score (nSPS) is 12.5. The molecule has 224 valence electrons. The molecule has 1 aliphatic heterocycles. The van der Waals surface area contributed by atoms with Gasteiger partial charge in [-0.2, -0.15) is 9.78 Å². The molecule has 0 unspecified atom stereocenters. The number of ether oxygens (including phenoxy) is 2. The second kappa shape index (κ2) is 12.7. The lowest BCUT2D eigenvalue weighted by molar-refractivity contribution is 0.0949. The van der Waals surface area contributed by atoms with E-state index in [4.69, 9.17) is 31.4 Å². The van der Waals surface area contributed by atoms with Crippen LogP contribution in [0.1, 0.15) is 32.9 Å². The monoisotopic (exact) mass is 677 g/mol. The van der Waals surface area contributed by atoms with Gasteiger partial charge in [0.25, 0.3) is 5.91 Å². The summed E-state index contributed by atoms with van der Waals surface area (Å²) in [6.45, 7) is 1.36. The van der Waals surface area contributed by atoms with Gasteiger partial charge in [-0.1, -0.05) is 47.1 Å². The van der Waals surface area contributed by atoms with Gasteiger partial charge in [0.15, 0.2) is 17.2 Å². The SMILES string of the molecule is COc1cc(/C=N/NC(=O)c2nnn(-c3nonc3N)c2CN2CCc3ccccc32)cc(Br)c1OCc1cccc(Cl)c1. The van der Waals surface area contributed by atoms with Gasteiger partial charge in [-0.25, -0.2) is 10.1 Å². The van der Waals surface area contributed by atoms with Crippen LogP contribution in [-0.4, -0.2) is 51.1 Å². The summed E-state index contributed by atoms with van der Waals surface area (Å²) in [5, 5.41) is 20.5. The summed E-state index contributed by atoms with van der Waals surface area (Å²) in [4.78, 5) is 15.5. The summed E-state index contributed by atoms with van der Waals surface area (Å²) in [7, 11) is 1.54. The van der Waals surface area contributed by atoms with Gasteiger partial charge in [0.2, 0.25) is 11.6 Å². The van der Waals surface area contributed by atoms with Crippen molar-refractivity contribution in [3.8, 4) is 17.3 Å². The minimum Gasteiger partial charge on any atom is -0.493 e. The predicted molar refractivity (Wildman–Crippen MR) is 166 cm³/mol. The number of methoxy groups -OCH3 is 1. The predicted octanol–water partition coefficient (Wildman–Crippen LogP) is 4.56. The number of halogens is 2. The van der Waals surface area contributed by atoms with Crippen LogP contribution in [0.15, 0.2) is 74.9 Å². The molecule has 3 N–H and O–H groups in total. The molecule has 5 aromatic rings. The Bertz CT molecular complexity index is 1860. The number of hydrogen-bond donors (Lipinski definition) is 2. The Labute approximate surface area is 264 Å². The molecule has 3 heterocycles. The fourth-order valence-electron chi connectivity index (χ4n) is 4.83. The number of nitrogens with two attached hydrogens (primary N) is 1. The van der Waals surface area contributed by atoms with E-state index in [9.17, 15) is 4.79 Å². The summed E-state index contributed by atoms with van der Waals surface area (Å²) in [5.41, 5.74) is 12.8. The second-order valence-corrected chi connectivity index (χ2v) is 11.0. The number of hydrogen-bond acceptors (Lipinski definition) is 11. The van der Waals surface area contributed by atoms with Crippen molar-refractivity contribution < 1.29 is 18.9 Å². The van der Waals surface area contributed by atoms with Gasteiger partial charge in [0, 0.05) is 17.3 Å². The third-order valence-electron chi connectivity index (χ3n) is 6.90. The molecule has 0 saturated carbocycles. The van der Waals surface area contributed by atoms with Gasteiger partial charge in [-0.05, 0) is 79.7 Å². The van der Waals surface area contributed by atoms with Crippen LogP contribution >= 0.6 is 27.5 Å². The molecule has 0 atom stereocenters. The summed E-state index contributed by atoms with van der Waals surface area (Å²) < 4.78 is 18.3. The van der Waals surface area contributed by atoms with Crippen LogP contribution < -0.4 is 25.5 Å². The molecule has 0 bridgehead atoms. The fraction of sp³-hybridized carbons (Fsp3) is 0.172. The summed E-state index contributed by atoms with van der Waals surface area (Å²) in [6, 6.07) is 19.0. The molecule has 0 radical (unpaired) electrons. The maximum absolute atomic E-state index is 13.3. The number of hydrazone groups is 1. The topological polar surface area (TPSA) is 159 Å². The molecule has 0 saturated heterocycles. The van der Waals surface area contributed by atoms with Gasteiger partial charge < -0.3 is 20.1 Å². The Morgan fingerprint density at radius 3 is 2.86 bits per heavy atom. The summed E-state index contributed by atoms with van der Waals surface area (Å²) >= 11 is 9.62. The second-order valence-electron chi connectivity index (χ2n) is 9.72. The lowest BCUT2D eigenvalue weighted by Crippen LogP contribution is -2.26. The lowest BCUT2D eigenvalue weighted by atomic mass is 10.2. The van der Waals surface area contributed by atoms with Gasteiger partial charge in [0.1, 0.15) is 6.61 Å². The van der Waals surface area contributed by atoms with E-state index in [1.807, 2.05) is 36.4 Å². The van der Waals surface area contributed by atoms with Crippen molar-refractivity contribution >= 4 is 51.2 Å². The first-order valence-electron chi connectivity index (χ1n) is 13.3. The Morgan fingerprint density at radius 2 is 2.07 bits per heavy atom. The maximum Gasteiger partial charge on any atom is 0.293 e. The number of carbonyl (C=O) groups is 1. The molecule has 2 aromatic heterocycles. The number of fused-ring (bicyclic) bond motifs is 1. The molecule has 44 heavy (non-hydrogen) atoms. The highest BCUT2D eigenvalue weighted by molar-refractivity contribution is 9.10. The van der Waals surface area contributed by atoms with Crippen LogP contribution in [0.5, 0.6) is 11.5 Å². The third kappa shape index (κ3) is 6.07.